The Morgan fingerprint density at radius 1 is 1.08 bits per heavy atom. The maximum Gasteiger partial charge on any atom is 0.271 e. The van der Waals surface area contributed by atoms with Crippen molar-refractivity contribution in [3.05, 3.63) is 83.8 Å². The number of amides is 1. The summed E-state index contributed by atoms with van der Waals surface area (Å²) in [6.45, 7) is 2.64. The van der Waals surface area contributed by atoms with Gasteiger partial charge < -0.3 is 10.2 Å². The molecule has 1 N–H and O–H groups in total. The van der Waals surface area contributed by atoms with E-state index >= 15 is 0 Å². The molecule has 0 saturated heterocycles. The van der Waals surface area contributed by atoms with Gasteiger partial charge >= 0.3 is 0 Å². The van der Waals surface area contributed by atoms with Gasteiger partial charge in [-0.3, -0.25) is 4.79 Å². The van der Waals surface area contributed by atoms with Crippen molar-refractivity contribution >= 4 is 17.4 Å². The predicted molar refractivity (Wildman–Crippen MR) is 101 cm³/mol. The minimum Gasteiger partial charge on any atom is -0.347 e. The van der Waals surface area contributed by atoms with Gasteiger partial charge in [-0.15, -0.1) is 0 Å². The summed E-state index contributed by atoms with van der Waals surface area (Å²) in [7, 11) is 0. The van der Waals surface area contributed by atoms with E-state index in [1.54, 1.807) is 12.4 Å². The Bertz CT molecular complexity index is 909. The van der Waals surface area contributed by atoms with Crippen molar-refractivity contribution in [1.82, 2.24) is 15.3 Å². The van der Waals surface area contributed by atoms with Crippen LogP contribution in [0.5, 0.6) is 0 Å². The lowest BCUT2D eigenvalue weighted by Crippen LogP contribution is -2.26. The van der Waals surface area contributed by atoms with Gasteiger partial charge in [0.15, 0.2) is 5.82 Å². The molecule has 130 valence electrons. The zero-order valence-corrected chi connectivity index (χ0v) is 14.6. The molecule has 0 spiro atoms. The number of carbonyl (C=O) groups is 1. The molecule has 0 saturated carbocycles. The number of hydrogen-bond acceptors (Lipinski definition) is 4. The Morgan fingerprint density at radius 3 is 2.62 bits per heavy atom. The number of rotatable bonds is 4. The zero-order chi connectivity index (χ0) is 17.9. The summed E-state index contributed by atoms with van der Waals surface area (Å²) in [5.74, 6) is 0.546. The number of hydrogen-bond donors (Lipinski definition) is 1. The van der Waals surface area contributed by atoms with E-state index in [-0.39, 0.29) is 5.91 Å². The highest BCUT2D eigenvalue weighted by Crippen LogP contribution is 2.36. The molecular formula is C21H20N4O. The number of anilines is 2. The maximum atomic E-state index is 12.3. The highest BCUT2D eigenvalue weighted by atomic mass is 16.1. The average molecular weight is 344 g/mol. The van der Waals surface area contributed by atoms with Crippen LogP contribution < -0.4 is 10.2 Å². The van der Waals surface area contributed by atoms with Crippen molar-refractivity contribution in [3.8, 4) is 0 Å². The lowest BCUT2D eigenvalue weighted by Gasteiger charge is -2.23. The van der Waals surface area contributed by atoms with Crippen LogP contribution in [0.15, 0.2) is 67.0 Å². The fraction of sp³-hybridized carbons (Fsp3) is 0.190. The van der Waals surface area contributed by atoms with Gasteiger partial charge in [-0.2, -0.15) is 0 Å². The SMILES string of the molecule is CC1Cc2ccccc2N1c1cnc(C(=O)NCc2ccccc2)cn1. The summed E-state index contributed by atoms with van der Waals surface area (Å²) >= 11 is 0. The molecule has 26 heavy (non-hydrogen) atoms. The lowest BCUT2D eigenvalue weighted by atomic mass is 10.1. The van der Waals surface area contributed by atoms with Crippen LogP contribution >= 0.6 is 0 Å². The van der Waals surface area contributed by atoms with Crippen molar-refractivity contribution in [2.75, 3.05) is 4.90 Å². The summed E-state index contributed by atoms with van der Waals surface area (Å²) in [5, 5.41) is 2.87. The van der Waals surface area contributed by atoms with E-state index in [0.29, 0.717) is 18.3 Å². The van der Waals surface area contributed by atoms with Gasteiger partial charge in [-0.25, -0.2) is 9.97 Å². The third-order valence-electron chi connectivity index (χ3n) is 4.62. The van der Waals surface area contributed by atoms with Crippen LogP contribution in [0.4, 0.5) is 11.5 Å². The Kier molecular flexibility index (Phi) is 4.35. The van der Waals surface area contributed by atoms with Crippen LogP contribution in [0.2, 0.25) is 0 Å². The number of aromatic nitrogens is 2. The van der Waals surface area contributed by atoms with Gasteiger partial charge in [-0.1, -0.05) is 48.5 Å². The second kappa shape index (κ2) is 6.96. The number of benzene rings is 2. The minimum atomic E-state index is -0.220. The molecule has 3 aromatic rings. The van der Waals surface area contributed by atoms with E-state index in [4.69, 9.17) is 0 Å². The highest BCUT2D eigenvalue weighted by molar-refractivity contribution is 5.92. The smallest absolute Gasteiger partial charge is 0.271 e. The van der Waals surface area contributed by atoms with E-state index in [9.17, 15) is 4.79 Å². The molecular weight excluding hydrogens is 324 g/mol. The van der Waals surface area contributed by atoms with Crippen LogP contribution in [0.25, 0.3) is 0 Å². The van der Waals surface area contributed by atoms with Gasteiger partial charge in [0.1, 0.15) is 5.69 Å². The molecule has 1 aliphatic heterocycles. The zero-order valence-electron chi connectivity index (χ0n) is 14.6. The van der Waals surface area contributed by atoms with Gasteiger partial charge in [-0.05, 0) is 30.5 Å². The summed E-state index contributed by atoms with van der Waals surface area (Å²) < 4.78 is 0. The quantitative estimate of drug-likeness (QED) is 0.787. The molecule has 1 aromatic heterocycles. The van der Waals surface area contributed by atoms with Crippen molar-refractivity contribution in [1.29, 1.82) is 0 Å². The number of nitrogens with zero attached hydrogens (tertiary/aromatic N) is 3. The lowest BCUT2D eigenvalue weighted by molar-refractivity contribution is 0.0945. The standard InChI is InChI=1S/C21H20N4O/c1-15-11-17-9-5-6-10-19(17)25(15)20-14-22-18(13-23-20)21(26)24-12-16-7-3-2-4-8-16/h2-10,13-15H,11-12H2,1H3,(H,24,26). The van der Waals surface area contributed by atoms with Gasteiger partial charge in [0.05, 0.1) is 12.4 Å². The molecule has 2 heterocycles. The Morgan fingerprint density at radius 2 is 1.85 bits per heavy atom. The average Bonchev–Trinajstić information content (AvgIpc) is 3.03. The van der Waals surface area contributed by atoms with Gasteiger partial charge in [0.2, 0.25) is 0 Å². The van der Waals surface area contributed by atoms with E-state index in [0.717, 1.165) is 23.5 Å². The Hall–Kier alpha value is -3.21. The minimum absolute atomic E-state index is 0.220. The van der Waals surface area contributed by atoms with E-state index < -0.39 is 0 Å². The first-order chi connectivity index (χ1) is 12.7. The van der Waals surface area contributed by atoms with Gasteiger partial charge in [0.25, 0.3) is 5.91 Å². The monoisotopic (exact) mass is 344 g/mol. The fourth-order valence-electron chi connectivity index (χ4n) is 3.35. The molecule has 1 atom stereocenters. The van der Waals surface area contributed by atoms with E-state index in [1.165, 1.54) is 5.56 Å². The number of carbonyl (C=O) groups excluding carboxylic acids is 1. The number of fused-ring (bicyclic) bond motifs is 1. The largest absolute Gasteiger partial charge is 0.347 e. The first-order valence-electron chi connectivity index (χ1n) is 8.73. The van der Waals surface area contributed by atoms with E-state index in [2.05, 4.69) is 45.3 Å². The fourth-order valence-corrected chi connectivity index (χ4v) is 3.35. The molecule has 0 bridgehead atoms. The Balaban J connectivity index is 1.48. The second-order valence-electron chi connectivity index (χ2n) is 6.48. The molecule has 0 fully saturated rings. The normalized spacial score (nSPS) is 15.6. The number of nitrogens with one attached hydrogen (secondary N) is 1. The Labute approximate surface area is 152 Å². The maximum absolute atomic E-state index is 12.3. The van der Waals surface area contributed by atoms with Crippen LogP contribution in [0, 0.1) is 0 Å². The second-order valence-corrected chi connectivity index (χ2v) is 6.48. The molecule has 1 unspecified atom stereocenters. The number of para-hydroxylation sites is 1. The van der Waals surface area contributed by atoms with Crippen molar-refractivity contribution < 1.29 is 4.79 Å². The summed E-state index contributed by atoms with van der Waals surface area (Å²) in [6.07, 6.45) is 4.20. The van der Waals surface area contributed by atoms with Crippen molar-refractivity contribution in [2.24, 2.45) is 0 Å². The van der Waals surface area contributed by atoms with Crippen LogP contribution in [0.1, 0.15) is 28.5 Å². The molecule has 0 radical (unpaired) electrons. The first-order valence-corrected chi connectivity index (χ1v) is 8.73. The molecule has 4 rings (SSSR count). The molecule has 2 aromatic carbocycles. The van der Waals surface area contributed by atoms with Crippen LogP contribution in [0.3, 0.4) is 0 Å². The third kappa shape index (κ3) is 3.16. The molecule has 1 amide bonds. The molecule has 1 aliphatic rings. The third-order valence-corrected chi connectivity index (χ3v) is 4.62. The summed E-state index contributed by atoms with van der Waals surface area (Å²) in [5.41, 5.74) is 3.85. The summed E-state index contributed by atoms with van der Waals surface area (Å²) in [6, 6.07) is 18.4. The van der Waals surface area contributed by atoms with Crippen molar-refractivity contribution in [2.45, 2.75) is 25.9 Å². The van der Waals surface area contributed by atoms with Gasteiger partial charge in [0, 0.05) is 18.3 Å². The molecule has 5 heteroatoms. The molecule has 0 aliphatic carbocycles. The highest BCUT2D eigenvalue weighted by Gasteiger charge is 2.27. The topological polar surface area (TPSA) is 58.1 Å². The predicted octanol–water partition coefficient (Wildman–Crippen LogP) is 3.49. The first kappa shape index (κ1) is 16.3. The summed E-state index contributed by atoms with van der Waals surface area (Å²) in [4.78, 5) is 23.3. The van der Waals surface area contributed by atoms with Crippen LogP contribution in [-0.2, 0) is 13.0 Å². The van der Waals surface area contributed by atoms with Crippen molar-refractivity contribution in [3.63, 3.8) is 0 Å². The molecule has 5 nitrogen and oxygen atoms in total. The van der Waals surface area contributed by atoms with E-state index in [1.807, 2.05) is 36.4 Å². The van der Waals surface area contributed by atoms with Crippen LogP contribution in [-0.4, -0.2) is 21.9 Å².